The first-order valence-corrected chi connectivity index (χ1v) is 7.29. The summed E-state index contributed by atoms with van der Waals surface area (Å²) in [6.07, 6.45) is 2.43. The van der Waals surface area contributed by atoms with Gasteiger partial charge in [-0.15, -0.1) is 11.3 Å². The lowest BCUT2D eigenvalue weighted by atomic mass is 9.99. The van der Waals surface area contributed by atoms with Crippen LogP contribution in [0.4, 0.5) is 0 Å². The molecular formula is C13H21N3OS. The lowest BCUT2D eigenvalue weighted by Crippen LogP contribution is -2.39. The number of aromatic nitrogens is 1. The van der Waals surface area contributed by atoms with E-state index in [2.05, 4.69) is 10.3 Å². The zero-order chi connectivity index (χ0) is 13.1. The molecule has 5 heteroatoms. The predicted octanol–water partition coefficient (Wildman–Crippen LogP) is 1.83. The standard InChI is InChI=1S/C13H21N3OS/c1-9-12(18-10(2)15-9)13(17)16(3)8-11-5-4-6-14-7-11/h11,14H,4-8H2,1-3H3. The van der Waals surface area contributed by atoms with Crippen molar-refractivity contribution in [2.24, 2.45) is 5.92 Å². The number of nitrogens with one attached hydrogen (secondary N) is 1. The van der Waals surface area contributed by atoms with Crippen LogP contribution in [0.5, 0.6) is 0 Å². The van der Waals surface area contributed by atoms with E-state index in [0.29, 0.717) is 5.92 Å². The molecule has 0 radical (unpaired) electrons. The molecule has 18 heavy (non-hydrogen) atoms. The summed E-state index contributed by atoms with van der Waals surface area (Å²) in [7, 11) is 1.89. The maximum Gasteiger partial charge on any atom is 0.265 e. The lowest BCUT2D eigenvalue weighted by Gasteiger charge is -2.27. The molecule has 1 aromatic heterocycles. The molecule has 1 saturated heterocycles. The van der Waals surface area contributed by atoms with Gasteiger partial charge in [0.25, 0.3) is 5.91 Å². The van der Waals surface area contributed by atoms with E-state index < -0.39 is 0 Å². The highest BCUT2D eigenvalue weighted by molar-refractivity contribution is 7.13. The van der Waals surface area contributed by atoms with Crippen LogP contribution in [0.15, 0.2) is 0 Å². The maximum absolute atomic E-state index is 12.3. The van der Waals surface area contributed by atoms with Crippen LogP contribution in [0.3, 0.4) is 0 Å². The summed E-state index contributed by atoms with van der Waals surface area (Å²) in [5.74, 6) is 0.700. The summed E-state index contributed by atoms with van der Waals surface area (Å²) in [4.78, 5) is 19.3. The number of aryl methyl sites for hydroxylation is 2. The summed E-state index contributed by atoms with van der Waals surface area (Å²) in [5.41, 5.74) is 0.858. The number of hydrogen-bond donors (Lipinski definition) is 1. The smallest absolute Gasteiger partial charge is 0.265 e. The predicted molar refractivity (Wildman–Crippen MR) is 74.1 cm³/mol. The molecule has 1 aliphatic heterocycles. The topological polar surface area (TPSA) is 45.2 Å². The molecule has 1 fully saturated rings. The summed E-state index contributed by atoms with van der Waals surface area (Å²) in [6.45, 7) is 6.83. The van der Waals surface area contributed by atoms with Crippen molar-refractivity contribution < 1.29 is 4.79 Å². The molecule has 0 spiro atoms. The second-order valence-electron chi connectivity index (χ2n) is 5.05. The number of nitrogens with zero attached hydrogens (tertiary/aromatic N) is 2. The van der Waals surface area contributed by atoms with Crippen LogP contribution in [0.2, 0.25) is 0 Å². The molecule has 1 unspecified atom stereocenters. The Hall–Kier alpha value is -0.940. The molecule has 100 valence electrons. The molecule has 1 aliphatic rings. The van der Waals surface area contributed by atoms with E-state index in [0.717, 1.165) is 35.2 Å². The van der Waals surface area contributed by atoms with Crippen molar-refractivity contribution in [3.63, 3.8) is 0 Å². The number of carbonyl (C=O) groups is 1. The van der Waals surface area contributed by atoms with Crippen molar-refractivity contribution in [1.82, 2.24) is 15.2 Å². The van der Waals surface area contributed by atoms with E-state index in [1.165, 1.54) is 24.2 Å². The molecule has 1 aromatic rings. The fraction of sp³-hybridized carbons (Fsp3) is 0.692. The monoisotopic (exact) mass is 267 g/mol. The summed E-state index contributed by atoms with van der Waals surface area (Å²) >= 11 is 1.49. The van der Waals surface area contributed by atoms with E-state index in [1.807, 2.05) is 25.8 Å². The normalized spacial score (nSPS) is 19.8. The maximum atomic E-state index is 12.3. The van der Waals surface area contributed by atoms with Crippen molar-refractivity contribution in [3.05, 3.63) is 15.6 Å². The molecular weight excluding hydrogens is 246 g/mol. The van der Waals surface area contributed by atoms with E-state index in [4.69, 9.17) is 0 Å². The van der Waals surface area contributed by atoms with Crippen LogP contribution in [0.25, 0.3) is 0 Å². The van der Waals surface area contributed by atoms with Gasteiger partial charge in [-0.25, -0.2) is 4.98 Å². The Morgan fingerprint density at radius 1 is 1.56 bits per heavy atom. The zero-order valence-corrected chi connectivity index (χ0v) is 12.1. The second kappa shape index (κ2) is 5.80. The minimum atomic E-state index is 0.115. The molecule has 2 rings (SSSR count). The molecule has 0 bridgehead atoms. The Bertz CT molecular complexity index is 424. The first-order chi connectivity index (χ1) is 8.58. The van der Waals surface area contributed by atoms with E-state index >= 15 is 0 Å². The van der Waals surface area contributed by atoms with Crippen LogP contribution >= 0.6 is 11.3 Å². The third kappa shape index (κ3) is 3.09. The largest absolute Gasteiger partial charge is 0.341 e. The Morgan fingerprint density at radius 3 is 2.89 bits per heavy atom. The highest BCUT2D eigenvalue weighted by Gasteiger charge is 2.21. The molecule has 0 saturated carbocycles. The molecule has 1 amide bonds. The van der Waals surface area contributed by atoms with Gasteiger partial charge in [-0.1, -0.05) is 0 Å². The van der Waals surface area contributed by atoms with Crippen LogP contribution in [0, 0.1) is 19.8 Å². The highest BCUT2D eigenvalue weighted by Crippen LogP contribution is 2.20. The van der Waals surface area contributed by atoms with Crippen LogP contribution in [0.1, 0.15) is 33.2 Å². The van der Waals surface area contributed by atoms with Gasteiger partial charge in [0.2, 0.25) is 0 Å². The minimum absolute atomic E-state index is 0.115. The Balaban J connectivity index is 1.97. The highest BCUT2D eigenvalue weighted by atomic mass is 32.1. The molecule has 0 aromatic carbocycles. The minimum Gasteiger partial charge on any atom is -0.341 e. The van der Waals surface area contributed by atoms with Crippen LogP contribution in [-0.4, -0.2) is 42.5 Å². The van der Waals surface area contributed by atoms with Gasteiger partial charge in [0.05, 0.1) is 10.7 Å². The van der Waals surface area contributed by atoms with Gasteiger partial charge >= 0.3 is 0 Å². The van der Waals surface area contributed by atoms with Crippen LogP contribution < -0.4 is 5.32 Å². The van der Waals surface area contributed by atoms with Gasteiger partial charge in [0.1, 0.15) is 4.88 Å². The molecule has 1 atom stereocenters. The van der Waals surface area contributed by atoms with Crippen molar-refractivity contribution in [3.8, 4) is 0 Å². The third-order valence-electron chi connectivity index (χ3n) is 3.38. The molecule has 4 nitrogen and oxygen atoms in total. The van der Waals surface area contributed by atoms with Gasteiger partial charge in [-0.05, 0) is 45.7 Å². The fourth-order valence-corrected chi connectivity index (χ4v) is 3.37. The summed E-state index contributed by atoms with van der Waals surface area (Å²) in [6, 6.07) is 0. The van der Waals surface area contributed by atoms with Gasteiger partial charge in [0.15, 0.2) is 0 Å². The van der Waals surface area contributed by atoms with E-state index in [1.54, 1.807) is 0 Å². The molecule has 2 heterocycles. The first-order valence-electron chi connectivity index (χ1n) is 6.48. The summed E-state index contributed by atoms with van der Waals surface area (Å²) < 4.78 is 0. The SMILES string of the molecule is Cc1nc(C)c(C(=O)N(C)CC2CCCNC2)s1. The molecule has 0 aliphatic carbocycles. The third-order valence-corrected chi connectivity index (χ3v) is 4.44. The van der Waals surface area contributed by atoms with Gasteiger partial charge in [-0.3, -0.25) is 4.79 Å². The number of thiazole rings is 1. The Kier molecular flexibility index (Phi) is 4.35. The molecule has 1 N–H and O–H groups in total. The van der Waals surface area contributed by atoms with Crippen molar-refractivity contribution in [2.45, 2.75) is 26.7 Å². The number of rotatable bonds is 3. The van der Waals surface area contributed by atoms with Crippen molar-refractivity contribution in [1.29, 1.82) is 0 Å². The fourth-order valence-electron chi connectivity index (χ4n) is 2.45. The van der Waals surface area contributed by atoms with E-state index in [-0.39, 0.29) is 5.91 Å². The van der Waals surface area contributed by atoms with Gasteiger partial charge in [-0.2, -0.15) is 0 Å². The van der Waals surface area contributed by atoms with Crippen molar-refractivity contribution in [2.75, 3.05) is 26.7 Å². The average molecular weight is 267 g/mol. The zero-order valence-electron chi connectivity index (χ0n) is 11.3. The Morgan fingerprint density at radius 2 is 2.33 bits per heavy atom. The van der Waals surface area contributed by atoms with Gasteiger partial charge < -0.3 is 10.2 Å². The summed E-state index contributed by atoms with van der Waals surface area (Å²) in [5, 5.41) is 4.35. The van der Waals surface area contributed by atoms with E-state index in [9.17, 15) is 4.79 Å². The van der Waals surface area contributed by atoms with Crippen molar-refractivity contribution >= 4 is 17.2 Å². The first kappa shape index (κ1) is 13.5. The number of hydrogen-bond acceptors (Lipinski definition) is 4. The number of amides is 1. The van der Waals surface area contributed by atoms with Crippen LogP contribution in [-0.2, 0) is 0 Å². The number of carbonyl (C=O) groups excluding carboxylic acids is 1. The average Bonchev–Trinajstić information content (AvgIpc) is 2.68. The lowest BCUT2D eigenvalue weighted by molar-refractivity contribution is 0.0768. The number of piperidine rings is 1. The quantitative estimate of drug-likeness (QED) is 0.909. The Labute approximate surface area is 112 Å². The van der Waals surface area contributed by atoms with Gasteiger partial charge in [0, 0.05) is 13.6 Å². The second-order valence-corrected chi connectivity index (χ2v) is 6.25.